The summed E-state index contributed by atoms with van der Waals surface area (Å²) in [6.07, 6.45) is 0.666. The quantitative estimate of drug-likeness (QED) is 0.690. The lowest BCUT2D eigenvalue weighted by Gasteiger charge is -2.08. The Hall–Kier alpha value is -0.700. The Bertz CT molecular complexity index is 313. The molecule has 0 spiro atoms. The fourth-order valence-corrected chi connectivity index (χ4v) is 1.22. The third kappa shape index (κ3) is 2.15. The summed E-state index contributed by atoms with van der Waals surface area (Å²) >= 11 is 5.62. The van der Waals surface area contributed by atoms with Crippen molar-refractivity contribution in [2.24, 2.45) is 0 Å². The molecule has 2 nitrogen and oxygen atoms in total. The van der Waals surface area contributed by atoms with Gasteiger partial charge in [0.25, 0.3) is 0 Å². The van der Waals surface area contributed by atoms with Gasteiger partial charge >= 0.3 is 0 Å². The van der Waals surface area contributed by atoms with Gasteiger partial charge in [-0.1, -0.05) is 32.4 Å². The molecule has 0 bridgehead atoms. The predicted octanol–water partition coefficient (Wildman–Crippen LogP) is 2.95. The Morgan fingerprint density at radius 1 is 1.38 bits per heavy atom. The van der Waals surface area contributed by atoms with Gasteiger partial charge in [-0.05, 0) is 5.92 Å². The molecule has 0 aliphatic carbocycles. The minimum Gasteiger partial charge on any atom is -0.235 e. The van der Waals surface area contributed by atoms with Crippen LogP contribution < -0.4 is 0 Å². The third-order valence-electron chi connectivity index (χ3n) is 1.75. The summed E-state index contributed by atoms with van der Waals surface area (Å²) in [7, 11) is 0. The average molecular weight is 203 g/mol. The van der Waals surface area contributed by atoms with Crippen LogP contribution in [0.5, 0.6) is 0 Å². The first-order valence-corrected chi connectivity index (χ1v) is 4.65. The molecule has 72 valence electrons. The fraction of sp³-hybridized carbons (Fsp3) is 0.556. The van der Waals surface area contributed by atoms with E-state index in [9.17, 15) is 4.39 Å². The van der Waals surface area contributed by atoms with E-state index in [2.05, 4.69) is 9.97 Å². The first-order valence-electron chi connectivity index (χ1n) is 4.28. The molecular formula is C9H12ClFN2. The van der Waals surface area contributed by atoms with Crippen molar-refractivity contribution in [3.05, 3.63) is 22.5 Å². The van der Waals surface area contributed by atoms with E-state index < -0.39 is 5.82 Å². The lowest BCUT2D eigenvalue weighted by atomic mass is 10.1. The minimum absolute atomic E-state index is 0.0331. The Labute approximate surface area is 82.2 Å². The molecule has 0 N–H and O–H groups in total. The van der Waals surface area contributed by atoms with Crippen LogP contribution in [-0.2, 0) is 6.42 Å². The topological polar surface area (TPSA) is 25.8 Å². The molecule has 0 aliphatic rings. The molecule has 0 atom stereocenters. The molecule has 1 rings (SSSR count). The Morgan fingerprint density at radius 2 is 2.00 bits per heavy atom. The molecule has 0 aliphatic heterocycles. The van der Waals surface area contributed by atoms with Crippen molar-refractivity contribution in [1.82, 2.24) is 9.97 Å². The number of hydrogen-bond donors (Lipinski definition) is 0. The number of aryl methyl sites for hydroxylation is 1. The number of halogens is 2. The van der Waals surface area contributed by atoms with Gasteiger partial charge in [-0.25, -0.2) is 14.4 Å². The Balaban J connectivity index is 3.25. The zero-order valence-corrected chi connectivity index (χ0v) is 8.69. The molecule has 0 amide bonds. The monoisotopic (exact) mass is 202 g/mol. The van der Waals surface area contributed by atoms with Crippen molar-refractivity contribution in [3.8, 4) is 0 Å². The van der Waals surface area contributed by atoms with Crippen LogP contribution in [0.3, 0.4) is 0 Å². The largest absolute Gasteiger partial charge is 0.235 e. The number of rotatable bonds is 2. The van der Waals surface area contributed by atoms with Crippen molar-refractivity contribution >= 4 is 11.6 Å². The van der Waals surface area contributed by atoms with E-state index in [0.717, 1.165) is 0 Å². The lowest BCUT2D eigenvalue weighted by Crippen LogP contribution is -2.04. The van der Waals surface area contributed by atoms with E-state index in [0.29, 0.717) is 17.9 Å². The molecular weight excluding hydrogens is 191 g/mol. The molecule has 0 unspecified atom stereocenters. The van der Waals surface area contributed by atoms with Gasteiger partial charge in [-0.2, -0.15) is 0 Å². The van der Waals surface area contributed by atoms with Gasteiger partial charge in [-0.15, -0.1) is 0 Å². The molecule has 0 fully saturated rings. The zero-order valence-electron chi connectivity index (χ0n) is 7.93. The minimum atomic E-state index is -0.492. The van der Waals surface area contributed by atoms with E-state index in [-0.39, 0.29) is 11.1 Å². The SMILES string of the molecule is CCc1nc(Cl)c(F)c(C(C)C)n1. The second kappa shape index (κ2) is 4.01. The van der Waals surface area contributed by atoms with Crippen LogP contribution in [0.2, 0.25) is 5.15 Å². The van der Waals surface area contributed by atoms with Crippen LogP contribution in [0.4, 0.5) is 4.39 Å². The van der Waals surface area contributed by atoms with Crippen LogP contribution in [0, 0.1) is 5.82 Å². The molecule has 4 heteroatoms. The van der Waals surface area contributed by atoms with Gasteiger partial charge in [0.15, 0.2) is 11.0 Å². The summed E-state index contributed by atoms with van der Waals surface area (Å²) in [4.78, 5) is 7.89. The third-order valence-corrected chi connectivity index (χ3v) is 2.00. The van der Waals surface area contributed by atoms with Crippen LogP contribution in [0.1, 0.15) is 38.2 Å². The highest BCUT2D eigenvalue weighted by molar-refractivity contribution is 6.29. The van der Waals surface area contributed by atoms with E-state index >= 15 is 0 Å². The van der Waals surface area contributed by atoms with Gasteiger partial charge in [-0.3, -0.25) is 0 Å². The standard InChI is InChI=1S/C9H12ClFN2/c1-4-6-12-8(5(2)3)7(11)9(10)13-6/h5H,4H2,1-3H3. The van der Waals surface area contributed by atoms with Crippen molar-refractivity contribution in [1.29, 1.82) is 0 Å². The molecule has 0 saturated carbocycles. The summed E-state index contributed by atoms with van der Waals surface area (Å²) in [5.74, 6) is 0.134. The summed E-state index contributed by atoms with van der Waals surface area (Å²) < 4.78 is 13.3. The maximum atomic E-state index is 13.3. The molecule has 1 aromatic heterocycles. The van der Waals surface area contributed by atoms with Crippen molar-refractivity contribution < 1.29 is 4.39 Å². The molecule has 1 heterocycles. The van der Waals surface area contributed by atoms with E-state index in [1.807, 2.05) is 20.8 Å². The molecule has 0 radical (unpaired) electrons. The highest BCUT2D eigenvalue weighted by Gasteiger charge is 2.14. The van der Waals surface area contributed by atoms with E-state index in [4.69, 9.17) is 11.6 Å². The summed E-state index contributed by atoms with van der Waals surface area (Å²) in [5, 5.41) is -0.0736. The van der Waals surface area contributed by atoms with Crippen molar-refractivity contribution in [2.75, 3.05) is 0 Å². The first kappa shape index (κ1) is 10.4. The number of nitrogens with zero attached hydrogens (tertiary/aromatic N) is 2. The Kier molecular flexibility index (Phi) is 3.20. The summed E-state index contributed by atoms with van der Waals surface area (Å²) in [6.45, 7) is 5.66. The van der Waals surface area contributed by atoms with Crippen LogP contribution >= 0.6 is 11.6 Å². The van der Waals surface area contributed by atoms with Crippen LogP contribution in [-0.4, -0.2) is 9.97 Å². The first-order chi connectivity index (χ1) is 6.06. The average Bonchev–Trinajstić information content (AvgIpc) is 2.09. The maximum absolute atomic E-state index is 13.3. The summed E-state index contributed by atoms with van der Waals surface area (Å²) in [5.41, 5.74) is 0.400. The van der Waals surface area contributed by atoms with Gasteiger partial charge in [0.2, 0.25) is 0 Å². The molecule has 1 aromatic rings. The van der Waals surface area contributed by atoms with Crippen molar-refractivity contribution in [2.45, 2.75) is 33.1 Å². The van der Waals surface area contributed by atoms with Crippen LogP contribution in [0.25, 0.3) is 0 Å². The number of aromatic nitrogens is 2. The Morgan fingerprint density at radius 3 is 2.46 bits per heavy atom. The summed E-state index contributed by atoms with van der Waals surface area (Å²) in [6, 6.07) is 0. The van der Waals surface area contributed by atoms with Gasteiger partial charge in [0.1, 0.15) is 5.82 Å². The molecule has 0 aromatic carbocycles. The fourth-order valence-electron chi connectivity index (χ4n) is 1.02. The van der Waals surface area contributed by atoms with Gasteiger partial charge in [0, 0.05) is 6.42 Å². The smallest absolute Gasteiger partial charge is 0.182 e. The van der Waals surface area contributed by atoms with E-state index in [1.54, 1.807) is 0 Å². The van der Waals surface area contributed by atoms with Gasteiger partial charge in [0.05, 0.1) is 5.69 Å². The normalized spacial score (nSPS) is 10.9. The van der Waals surface area contributed by atoms with Crippen molar-refractivity contribution in [3.63, 3.8) is 0 Å². The van der Waals surface area contributed by atoms with Gasteiger partial charge < -0.3 is 0 Å². The second-order valence-electron chi connectivity index (χ2n) is 3.14. The molecule has 13 heavy (non-hydrogen) atoms. The van der Waals surface area contributed by atoms with E-state index in [1.165, 1.54) is 0 Å². The number of hydrogen-bond acceptors (Lipinski definition) is 2. The molecule has 0 saturated heterocycles. The van der Waals surface area contributed by atoms with Crippen LogP contribution in [0.15, 0.2) is 0 Å². The maximum Gasteiger partial charge on any atom is 0.182 e. The highest BCUT2D eigenvalue weighted by atomic mass is 35.5. The zero-order chi connectivity index (χ0) is 10.0. The highest BCUT2D eigenvalue weighted by Crippen LogP contribution is 2.21. The lowest BCUT2D eigenvalue weighted by molar-refractivity contribution is 0.571. The predicted molar refractivity (Wildman–Crippen MR) is 50.5 cm³/mol. The second-order valence-corrected chi connectivity index (χ2v) is 3.50.